The van der Waals surface area contributed by atoms with Gasteiger partial charge < -0.3 is 9.47 Å². The van der Waals surface area contributed by atoms with E-state index in [-0.39, 0.29) is 11.4 Å². The zero-order valence-electron chi connectivity index (χ0n) is 10.8. The zero-order valence-corrected chi connectivity index (χ0v) is 10.8. The molecule has 0 bridgehead atoms. The smallest absolute Gasteiger partial charge is 0.412 e. The van der Waals surface area contributed by atoms with E-state index in [0.717, 1.165) is 0 Å². The topological polar surface area (TPSA) is 84.2 Å². The summed E-state index contributed by atoms with van der Waals surface area (Å²) in [6.45, 7) is 5.29. The highest BCUT2D eigenvalue weighted by Crippen LogP contribution is 2.18. The van der Waals surface area contributed by atoms with Gasteiger partial charge in [-0.25, -0.2) is 9.78 Å². The SMILES string of the molecule is COc1ncc(NC(=O)OC(C)(C)C)cc1C#N. The molecule has 1 N–H and O–H groups in total. The quantitative estimate of drug-likeness (QED) is 0.869. The number of nitrogens with one attached hydrogen (secondary N) is 1. The molecule has 0 spiro atoms. The van der Waals surface area contributed by atoms with Gasteiger partial charge in [0, 0.05) is 0 Å². The van der Waals surface area contributed by atoms with E-state index >= 15 is 0 Å². The monoisotopic (exact) mass is 249 g/mol. The highest BCUT2D eigenvalue weighted by Gasteiger charge is 2.16. The van der Waals surface area contributed by atoms with E-state index in [2.05, 4.69) is 10.3 Å². The largest absolute Gasteiger partial charge is 0.480 e. The molecule has 6 heteroatoms. The van der Waals surface area contributed by atoms with Crippen molar-refractivity contribution in [2.75, 3.05) is 12.4 Å². The van der Waals surface area contributed by atoms with Crippen LogP contribution < -0.4 is 10.1 Å². The van der Waals surface area contributed by atoms with E-state index in [1.165, 1.54) is 19.4 Å². The number of anilines is 1. The predicted octanol–water partition coefficient (Wildman–Crippen LogP) is 2.31. The summed E-state index contributed by atoms with van der Waals surface area (Å²) in [5, 5.41) is 11.4. The molecule has 0 radical (unpaired) electrons. The number of nitriles is 1. The maximum absolute atomic E-state index is 11.5. The fraction of sp³-hybridized carbons (Fsp3) is 0.417. The fourth-order valence-corrected chi connectivity index (χ4v) is 1.18. The van der Waals surface area contributed by atoms with Gasteiger partial charge in [0.1, 0.15) is 17.2 Å². The Morgan fingerprint density at radius 2 is 2.17 bits per heavy atom. The normalized spacial score (nSPS) is 10.4. The van der Waals surface area contributed by atoms with Crippen molar-refractivity contribution in [3.05, 3.63) is 17.8 Å². The number of amides is 1. The Labute approximate surface area is 106 Å². The molecule has 0 aromatic carbocycles. The van der Waals surface area contributed by atoms with Crippen molar-refractivity contribution >= 4 is 11.8 Å². The molecule has 0 saturated carbocycles. The van der Waals surface area contributed by atoms with Gasteiger partial charge in [0.15, 0.2) is 0 Å². The minimum atomic E-state index is -0.599. The lowest BCUT2D eigenvalue weighted by molar-refractivity contribution is 0.0636. The molecule has 1 aromatic rings. The Morgan fingerprint density at radius 3 is 2.67 bits per heavy atom. The Balaban J connectivity index is 2.81. The summed E-state index contributed by atoms with van der Waals surface area (Å²) in [5.41, 5.74) is 0.0369. The number of hydrogen-bond acceptors (Lipinski definition) is 5. The van der Waals surface area contributed by atoms with E-state index in [4.69, 9.17) is 14.7 Å². The van der Waals surface area contributed by atoms with Crippen LogP contribution in [0, 0.1) is 11.3 Å². The third-order valence-corrected chi connectivity index (χ3v) is 1.81. The minimum Gasteiger partial charge on any atom is -0.480 e. The third kappa shape index (κ3) is 3.94. The van der Waals surface area contributed by atoms with Crippen molar-refractivity contribution in [3.8, 4) is 11.9 Å². The van der Waals surface area contributed by atoms with Crippen molar-refractivity contribution in [2.24, 2.45) is 0 Å². The molecule has 0 atom stereocenters. The molecule has 1 heterocycles. The molecule has 0 saturated heterocycles. The van der Waals surface area contributed by atoms with Gasteiger partial charge in [0.05, 0.1) is 19.0 Å². The Bertz CT molecular complexity index is 486. The van der Waals surface area contributed by atoms with Gasteiger partial charge in [-0.05, 0) is 26.8 Å². The lowest BCUT2D eigenvalue weighted by Gasteiger charge is -2.19. The highest BCUT2D eigenvalue weighted by atomic mass is 16.6. The van der Waals surface area contributed by atoms with E-state index in [1.54, 1.807) is 20.8 Å². The first-order chi connectivity index (χ1) is 8.35. The molecule has 0 aliphatic rings. The summed E-state index contributed by atoms with van der Waals surface area (Å²) < 4.78 is 9.98. The summed E-state index contributed by atoms with van der Waals surface area (Å²) >= 11 is 0. The van der Waals surface area contributed by atoms with Gasteiger partial charge >= 0.3 is 6.09 Å². The van der Waals surface area contributed by atoms with Crippen LogP contribution in [0.1, 0.15) is 26.3 Å². The molecule has 96 valence electrons. The maximum atomic E-state index is 11.5. The van der Waals surface area contributed by atoms with E-state index in [0.29, 0.717) is 5.69 Å². The van der Waals surface area contributed by atoms with Crippen LogP contribution in [0.4, 0.5) is 10.5 Å². The number of carbonyl (C=O) groups is 1. The van der Waals surface area contributed by atoms with Crippen LogP contribution >= 0.6 is 0 Å². The second-order valence-corrected chi connectivity index (χ2v) is 4.52. The molecule has 1 aromatic heterocycles. The highest BCUT2D eigenvalue weighted by molar-refractivity contribution is 5.85. The van der Waals surface area contributed by atoms with Crippen LogP contribution in [0.15, 0.2) is 12.3 Å². The summed E-state index contributed by atoms with van der Waals surface area (Å²) in [6.07, 6.45) is 0.794. The van der Waals surface area contributed by atoms with Crippen LogP contribution in [0.25, 0.3) is 0 Å². The number of ether oxygens (including phenoxy) is 2. The summed E-state index contributed by atoms with van der Waals surface area (Å²) in [6, 6.07) is 3.40. The first-order valence-corrected chi connectivity index (χ1v) is 5.30. The Kier molecular flexibility index (Phi) is 4.10. The van der Waals surface area contributed by atoms with Crippen molar-refractivity contribution in [3.63, 3.8) is 0 Å². The lowest BCUT2D eigenvalue weighted by atomic mass is 10.2. The average Bonchev–Trinajstić information content (AvgIpc) is 2.26. The Morgan fingerprint density at radius 1 is 1.50 bits per heavy atom. The molecule has 0 unspecified atom stereocenters. The summed E-state index contributed by atoms with van der Waals surface area (Å²) in [7, 11) is 1.42. The molecule has 0 aliphatic carbocycles. The minimum absolute atomic E-state index is 0.215. The van der Waals surface area contributed by atoms with Crippen molar-refractivity contribution in [1.82, 2.24) is 4.98 Å². The van der Waals surface area contributed by atoms with Gasteiger partial charge in [-0.1, -0.05) is 0 Å². The van der Waals surface area contributed by atoms with Crippen LogP contribution in [-0.2, 0) is 4.74 Å². The predicted molar refractivity (Wildman–Crippen MR) is 65.4 cm³/mol. The number of nitrogens with zero attached hydrogens (tertiary/aromatic N) is 2. The van der Waals surface area contributed by atoms with E-state index < -0.39 is 11.7 Å². The van der Waals surface area contributed by atoms with Crippen LogP contribution in [-0.4, -0.2) is 23.8 Å². The fourth-order valence-electron chi connectivity index (χ4n) is 1.18. The second-order valence-electron chi connectivity index (χ2n) is 4.52. The van der Waals surface area contributed by atoms with E-state index in [9.17, 15) is 4.79 Å². The van der Waals surface area contributed by atoms with Crippen molar-refractivity contribution < 1.29 is 14.3 Å². The maximum Gasteiger partial charge on any atom is 0.412 e. The van der Waals surface area contributed by atoms with Gasteiger partial charge in [-0.15, -0.1) is 0 Å². The third-order valence-electron chi connectivity index (χ3n) is 1.81. The molecular weight excluding hydrogens is 234 g/mol. The first kappa shape index (κ1) is 13.8. The number of aromatic nitrogens is 1. The molecule has 18 heavy (non-hydrogen) atoms. The van der Waals surface area contributed by atoms with Crippen molar-refractivity contribution in [2.45, 2.75) is 26.4 Å². The lowest BCUT2D eigenvalue weighted by Crippen LogP contribution is -2.27. The first-order valence-electron chi connectivity index (χ1n) is 5.30. The molecule has 1 amide bonds. The molecule has 1 rings (SSSR count). The van der Waals surface area contributed by atoms with Crippen LogP contribution in [0.3, 0.4) is 0 Å². The molecule has 0 fully saturated rings. The van der Waals surface area contributed by atoms with Crippen LogP contribution in [0.2, 0.25) is 0 Å². The number of hydrogen-bond donors (Lipinski definition) is 1. The van der Waals surface area contributed by atoms with Gasteiger partial charge in [0.25, 0.3) is 0 Å². The van der Waals surface area contributed by atoms with Gasteiger partial charge in [-0.2, -0.15) is 5.26 Å². The summed E-state index contributed by atoms with van der Waals surface area (Å²) in [5.74, 6) is 0.215. The number of carbonyl (C=O) groups excluding carboxylic acids is 1. The van der Waals surface area contributed by atoms with Crippen LogP contribution in [0.5, 0.6) is 5.88 Å². The Hall–Kier alpha value is -2.29. The number of pyridine rings is 1. The number of methoxy groups -OCH3 is 1. The standard InChI is InChI=1S/C12H15N3O3/c1-12(2,3)18-11(16)15-9-5-8(6-13)10(17-4)14-7-9/h5,7H,1-4H3,(H,15,16). The van der Waals surface area contributed by atoms with Crippen molar-refractivity contribution in [1.29, 1.82) is 5.26 Å². The second kappa shape index (κ2) is 5.36. The average molecular weight is 249 g/mol. The van der Waals surface area contributed by atoms with Gasteiger partial charge in [-0.3, -0.25) is 5.32 Å². The molecule has 6 nitrogen and oxygen atoms in total. The molecule has 0 aliphatic heterocycles. The zero-order chi connectivity index (χ0) is 13.8. The molecular formula is C12H15N3O3. The number of rotatable bonds is 2. The van der Waals surface area contributed by atoms with E-state index in [1.807, 2.05) is 6.07 Å². The van der Waals surface area contributed by atoms with Gasteiger partial charge in [0.2, 0.25) is 5.88 Å². The summed E-state index contributed by atoms with van der Waals surface area (Å²) in [4.78, 5) is 15.4.